The Morgan fingerprint density at radius 3 is 1.37 bits per heavy atom. The lowest BCUT2D eigenvalue weighted by Gasteiger charge is -2.53. The number of benzene rings is 4. The van der Waals surface area contributed by atoms with Crippen LogP contribution in [-0.4, -0.2) is 111 Å². The number of aromatic nitrogens is 2. The monoisotopic (exact) mass is 1520 g/mol. The number of halogens is 7. The minimum absolute atomic E-state index is 0.0199. The van der Waals surface area contributed by atoms with Gasteiger partial charge in [-0.2, -0.15) is 0 Å². The van der Waals surface area contributed by atoms with Crippen LogP contribution >= 0.6 is 56.9 Å². The van der Waals surface area contributed by atoms with Gasteiger partial charge in [-0.05, 0) is 189 Å². The molecule has 0 radical (unpaired) electrons. The highest BCUT2D eigenvalue weighted by Gasteiger charge is 2.46. The summed E-state index contributed by atoms with van der Waals surface area (Å²) in [7, 11) is 0. The van der Waals surface area contributed by atoms with Crippen molar-refractivity contribution < 1.29 is 64.6 Å². The SMILES string of the molecule is C1CC2(CCO1)CNC2.Cc1ccc(C(=O)Nc2ccc(C(=O)N3CCc4cc(C(=O)Cc5c(F)cccc5F)sc4-c4sccc43)c(F)c2)c(Cl)n1.Cc1ccc(C(=O)Nc2ccc(C(=O)N3CCc4cc(C(=O)Cc5c(F)cccc5F)sc4-c4sccc43)c(F)c2)c(N2CC3(CCOCC3)C2)n1. The van der Waals surface area contributed by atoms with E-state index in [4.69, 9.17) is 21.1 Å². The summed E-state index contributed by atoms with van der Waals surface area (Å²) in [6.45, 7) is 11.5. The molecule has 16 rings (SSSR count). The normalized spacial score (nSPS) is 15.9. The Morgan fingerprint density at radius 1 is 0.514 bits per heavy atom. The van der Waals surface area contributed by atoms with Gasteiger partial charge in [-0.15, -0.1) is 45.3 Å². The maximum Gasteiger partial charge on any atom is 0.261 e. The van der Waals surface area contributed by atoms with Crippen molar-refractivity contribution in [2.24, 2.45) is 10.8 Å². The minimum atomic E-state index is -0.815. The summed E-state index contributed by atoms with van der Waals surface area (Å²) >= 11 is 11.3. The van der Waals surface area contributed by atoms with Crippen LogP contribution in [0.4, 0.5) is 54.9 Å². The van der Waals surface area contributed by atoms with Crippen molar-refractivity contribution in [1.82, 2.24) is 15.3 Å². The number of ether oxygens (including phenoxy) is 2. The highest BCUT2D eigenvalue weighted by molar-refractivity contribution is 7.23. The number of hydrogen-bond donors (Lipinski definition) is 3. The molecular weight excluding hydrogens is 1450 g/mol. The number of pyridine rings is 2. The number of fused-ring (bicyclic) bond motifs is 6. The molecule has 6 aromatic heterocycles. The molecule has 27 heteroatoms. The number of rotatable bonds is 13. The summed E-state index contributed by atoms with van der Waals surface area (Å²) in [6.07, 6.45) is 4.45. The number of nitrogens with one attached hydrogen (secondary N) is 3. The van der Waals surface area contributed by atoms with Crippen molar-refractivity contribution >= 4 is 121 Å². The summed E-state index contributed by atoms with van der Waals surface area (Å²) in [6, 6.07) is 28.4. The average molecular weight is 1520 g/mol. The van der Waals surface area contributed by atoms with Crippen molar-refractivity contribution in [3.05, 3.63) is 238 Å². The first-order valence-corrected chi connectivity index (χ1v) is 37.8. The van der Waals surface area contributed by atoms with Crippen molar-refractivity contribution in [1.29, 1.82) is 0 Å². The molecule has 0 aliphatic carbocycles. The van der Waals surface area contributed by atoms with Gasteiger partial charge in [-0.1, -0.05) is 23.7 Å². The van der Waals surface area contributed by atoms with E-state index in [-0.39, 0.29) is 62.8 Å². The molecule has 4 aromatic carbocycles. The van der Waals surface area contributed by atoms with Gasteiger partial charge in [0.25, 0.3) is 23.6 Å². The summed E-state index contributed by atoms with van der Waals surface area (Å²) < 4.78 is 98.6. The fourth-order valence-electron chi connectivity index (χ4n) is 13.8. The Balaban J connectivity index is 0.000000159. The van der Waals surface area contributed by atoms with Crippen LogP contribution in [-0.2, 0) is 35.2 Å². The minimum Gasteiger partial charge on any atom is -0.381 e. The highest BCUT2D eigenvalue weighted by Crippen LogP contribution is 2.48. The molecule has 6 aliphatic heterocycles. The lowest BCUT2D eigenvalue weighted by molar-refractivity contribution is -0.0130. The molecule has 0 unspecified atom stereocenters. The van der Waals surface area contributed by atoms with Crippen LogP contribution in [0.2, 0.25) is 5.15 Å². The number of hydrogen-bond acceptors (Lipinski definition) is 16. The smallest absolute Gasteiger partial charge is 0.261 e. The van der Waals surface area contributed by atoms with E-state index in [1.54, 1.807) is 54.8 Å². The molecule has 10 aromatic rings. The molecule has 0 bridgehead atoms. The van der Waals surface area contributed by atoms with Crippen LogP contribution < -0.4 is 30.7 Å². The third-order valence-corrected chi connectivity index (χ3v) is 24.7. The fraction of sp³-hybridized carbons (Fsp3) is 0.282. The Labute approximate surface area is 621 Å². The van der Waals surface area contributed by atoms with Crippen LogP contribution in [0.15, 0.2) is 132 Å². The van der Waals surface area contributed by atoms with Crippen molar-refractivity contribution in [2.75, 3.05) is 91.0 Å². The van der Waals surface area contributed by atoms with E-state index in [2.05, 4.69) is 30.8 Å². The zero-order valence-electron chi connectivity index (χ0n) is 56.7. The van der Waals surface area contributed by atoms with Crippen LogP contribution in [0.5, 0.6) is 0 Å². The molecule has 16 nitrogen and oxygen atoms in total. The van der Waals surface area contributed by atoms with E-state index in [9.17, 15) is 46.3 Å². The second-order valence-electron chi connectivity index (χ2n) is 26.8. The van der Waals surface area contributed by atoms with Crippen molar-refractivity contribution in [3.63, 3.8) is 0 Å². The van der Waals surface area contributed by atoms with E-state index < -0.39 is 82.9 Å². The zero-order valence-corrected chi connectivity index (χ0v) is 60.7. The Bertz CT molecular complexity index is 5030. The maximum atomic E-state index is 15.7. The average Bonchev–Trinajstić information content (AvgIpc) is 1.74. The predicted molar refractivity (Wildman–Crippen MR) is 397 cm³/mol. The van der Waals surface area contributed by atoms with Crippen molar-refractivity contribution in [2.45, 2.75) is 65.2 Å². The maximum absolute atomic E-state index is 15.7. The third-order valence-electron chi connectivity index (χ3n) is 19.8. The first kappa shape index (κ1) is 72.7. The topological polar surface area (TPSA) is 192 Å². The number of anilines is 5. The van der Waals surface area contributed by atoms with E-state index >= 15 is 8.78 Å². The van der Waals surface area contributed by atoms with Crippen LogP contribution in [0, 0.1) is 59.6 Å². The Hall–Kier alpha value is -9.25. The number of ketones is 2. The van der Waals surface area contributed by atoms with Gasteiger partial charge in [0.1, 0.15) is 45.9 Å². The molecule has 6 aliphatic rings. The number of nitrogens with zero attached hydrogens (tertiary/aromatic N) is 5. The second-order valence-corrected chi connectivity index (χ2v) is 31.1. The number of amides is 4. The first-order valence-electron chi connectivity index (χ1n) is 34.0. The van der Waals surface area contributed by atoms with Crippen LogP contribution in [0.25, 0.3) is 19.5 Å². The third kappa shape index (κ3) is 15.3. The van der Waals surface area contributed by atoms with E-state index in [1.165, 1.54) is 124 Å². The summed E-state index contributed by atoms with van der Waals surface area (Å²) in [4.78, 5) is 97.5. The molecule has 12 heterocycles. The Kier molecular flexibility index (Phi) is 21.2. The van der Waals surface area contributed by atoms with E-state index in [0.717, 1.165) is 125 Å². The van der Waals surface area contributed by atoms with E-state index in [0.29, 0.717) is 56.5 Å². The lowest BCUT2D eigenvalue weighted by Crippen LogP contribution is -2.59. The molecule has 0 saturated carbocycles. The second kappa shape index (κ2) is 30.7. The van der Waals surface area contributed by atoms with Crippen LogP contribution in [0.3, 0.4) is 0 Å². The molecule has 105 heavy (non-hydrogen) atoms. The molecule has 3 N–H and O–H groups in total. The summed E-state index contributed by atoms with van der Waals surface area (Å²) in [5, 5.41) is 12.3. The van der Waals surface area contributed by atoms with Gasteiger partial charge in [-0.25, -0.2) is 36.3 Å². The summed E-state index contributed by atoms with van der Waals surface area (Å²) in [5.41, 5.74) is 5.05. The standard InChI is InChI=1S/C39H33F3N4O4S2.C32H21ClF3N3O3S2.C7H13NO/c1-22-5-7-26(36(43-22)45-20-39(21-45)11-14-50-15-12-39)37(48)44-24-6-8-25(30(42)18-24)38(49)46-13-9-23-17-33(52-34(23)35-31(46)10-16-51-35)32(47)19-27-28(40)3-2-4-29(27)41;1-16-5-7-20(30(33)37-16)31(41)38-18-6-8-19(24(36)14-18)32(42)39-11-9-17-13-27(44-28(17)29-25(39)10-12-43-29)26(40)15-21-22(34)3-2-4-23(21)35;1-3-9-4-2-7(1)5-8-6-7/h2-8,10,16-18H,9,11-15,19-21H2,1H3,(H,44,48);2-8,10,12-14H,9,11,15H2,1H3,(H,38,41);8H,1-6H2. The molecular formula is C78H67ClF6N8O8S4. The zero-order chi connectivity index (χ0) is 73.4. The molecule has 4 amide bonds. The van der Waals surface area contributed by atoms with Gasteiger partial charge in [0, 0.05) is 118 Å². The van der Waals surface area contributed by atoms with Gasteiger partial charge in [0.15, 0.2) is 11.6 Å². The highest BCUT2D eigenvalue weighted by atomic mass is 35.5. The predicted octanol–water partition coefficient (Wildman–Crippen LogP) is 16.6. The number of aryl methyl sites for hydroxylation is 2. The van der Waals surface area contributed by atoms with Gasteiger partial charge in [-0.3, -0.25) is 28.8 Å². The van der Waals surface area contributed by atoms with Gasteiger partial charge < -0.3 is 40.1 Å². The fourth-order valence-corrected chi connectivity index (χ4v) is 18.6. The molecule has 4 fully saturated rings. The number of carbonyl (C=O) groups excluding carboxylic acids is 6. The quantitative estimate of drug-likeness (QED) is 0.0563. The molecule has 4 saturated heterocycles. The Morgan fingerprint density at radius 2 is 0.943 bits per heavy atom. The molecule has 540 valence electrons. The number of Topliss-reactive ketones (excluding diaryl/α,β-unsaturated/α-hetero) is 2. The lowest BCUT2D eigenvalue weighted by atomic mass is 9.73. The van der Waals surface area contributed by atoms with Crippen LogP contribution in [0.1, 0.15) is 120 Å². The van der Waals surface area contributed by atoms with Crippen molar-refractivity contribution in [3.8, 4) is 19.5 Å². The largest absolute Gasteiger partial charge is 0.381 e. The van der Waals surface area contributed by atoms with Gasteiger partial charge in [0.05, 0.1) is 62.9 Å². The number of carbonyl (C=O) groups is 6. The van der Waals surface area contributed by atoms with Gasteiger partial charge in [0.2, 0.25) is 0 Å². The molecule has 2 spiro atoms. The molecule has 0 atom stereocenters. The number of thiophene rings is 4. The van der Waals surface area contributed by atoms with Gasteiger partial charge >= 0.3 is 0 Å². The van der Waals surface area contributed by atoms with E-state index in [1.807, 2.05) is 12.3 Å². The first-order chi connectivity index (χ1) is 50.6. The summed E-state index contributed by atoms with van der Waals surface area (Å²) in [5.74, 6) is -7.00.